The van der Waals surface area contributed by atoms with Crippen molar-refractivity contribution in [2.75, 3.05) is 32.6 Å². The van der Waals surface area contributed by atoms with E-state index in [1.807, 2.05) is 60.7 Å². The molecule has 1 atom stereocenters. The van der Waals surface area contributed by atoms with Gasteiger partial charge in [0.1, 0.15) is 54.3 Å². The summed E-state index contributed by atoms with van der Waals surface area (Å²) in [5, 5.41) is 12.1. The van der Waals surface area contributed by atoms with Crippen LogP contribution in [0.3, 0.4) is 0 Å². The summed E-state index contributed by atoms with van der Waals surface area (Å²) in [6.07, 6.45) is -6.63. The fourth-order valence-electron chi connectivity index (χ4n) is 5.85. The lowest BCUT2D eigenvalue weighted by molar-refractivity contribution is -0.138. The van der Waals surface area contributed by atoms with Crippen LogP contribution in [0.2, 0.25) is 0 Å². The molecule has 5 N–H and O–H groups in total. The van der Waals surface area contributed by atoms with Crippen LogP contribution < -0.4 is 39.2 Å². The van der Waals surface area contributed by atoms with Crippen molar-refractivity contribution in [3.8, 4) is 34.8 Å². The Morgan fingerprint density at radius 1 is 0.823 bits per heavy atom. The van der Waals surface area contributed by atoms with Crippen molar-refractivity contribution >= 4 is 44.9 Å². The van der Waals surface area contributed by atoms with E-state index in [2.05, 4.69) is 5.32 Å². The SMILES string of the molecule is N#Cc1c(OCCNC(=O)c2ccc(OCc3ccccc3)c(OCc3ccccc3)c2)c(OCCN)cc2sc(S(=O)(=O)NCP(=O)(O)Oc3ccccc3)c(C(F)(F)F)c12. The maximum Gasteiger partial charge on any atom is 0.419 e. The molecule has 1 heterocycles. The van der Waals surface area contributed by atoms with E-state index in [1.54, 1.807) is 22.9 Å². The summed E-state index contributed by atoms with van der Waals surface area (Å²) in [5.74, 6) is -0.650. The fraction of sp³-hybridized carbons (Fsp3) is 0.190. The molecule has 0 bridgehead atoms. The first-order valence-corrected chi connectivity index (χ1v) is 22.6. The van der Waals surface area contributed by atoms with E-state index >= 15 is 0 Å². The number of nitriles is 1. The van der Waals surface area contributed by atoms with Crippen LogP contribution in [0.4, 0.5) is 13.2 Å². The molecule has 0 aliphatic carbocycles. The molecule has 1 unspecified atom stereocenters. The number of halogens is 3. The number of alkyl halides is 3. The molecule has 0 fully saturated rings. The zero-order valence-corrected chi connectivity index (χ0v) is 35.0. The van der Waals surface area contributed by atoms with Gasteiger partial charge in [0.25, 0.3) is 15.9 Å². The highest BCUT2D eigenvalue weighted by Crippen LogP contribution is 2.50. The lowest BCUT2D eigenvalue weighted by atomic mass is 10.0. The highest BCUT2D eigenvalue weighted by molar-refractivity contribution is 7.92. The molecule has 0 aliphatic heterocycles. The highest BCUT2D eigenvalue weighted by Gasteiger charge is 2.43. The number of rotatable bonds is 20. The number of para-hydroxylation sites is 1. The molecule has 0 saturated heterocycles. The maximum atomic E-state index is 14.8. The Hall–Kier alpha value is -6.13. The maximum absolute atomic E-state index is 14.8. The van der Waals surface area contributed by atoms with Crippen LogP contribution in [0.25, 0.3) is 10.1 Å². The average Bonchev–Trinajstić information content (AvgIpc) is 3.67. The minimum absolute atomic E-state index is 0.0450. The van der Waals surface area contributed by atoms with Crippen LogP contribution in [0, 0.1) is 11.3 Å². The Labute approximate surface area is 358 Å². The van der Waals surface area contributed by atoms with Crippen molar-refractivity contribution in [2.24, 2.45) is 5.73 Å². The van der Waals surface area contributed by atoms with E-state index in [9.17, 15) is 41.1 Å². The summed E-state index contributed by atoms with van der Waals surface area (Å²) < 4.78 is 113. The van der Waals surface area contributed by atoms with Gasteiger partial charge in [-0.15, -0.1) is 11.3 Å². The molecule has 1 aromatic heterocycles. The van der Waals surface area contributed by atoms with Gasteiger partial charge >= 0.3 is 13.8 Å². The van der Waals surface area contributed by atoms with Gasteiger partial charge in [0, 0.05) is 28.3 Å². The summed E-state index contributed by atoms with van der Waals surface area (Å²) >= 11 is 0.157. The third-order valence-electron chi connectivity index (χ3n) is 8.64. The Morgan fingerprint density at radius 2 is 1.44 bits per heavy atom. The minimum atomic E-state index is -5.35. The summed E-state index contributed by atoms with van der Waals surface area (Å²) in [6.45, 7) is -0.389. The van der Waals surface area contributed by atoms with E-state index in [0.29, 0.717) is 11.5 Å². The molecular formula is C42H38F3N4O10PS2. The number of hydrogen-bond acceptors (Lipinski definition) is 12. The number of hydrogen-bond donors (Lipinski definition) is 4. The van der Waals surface area contributed by atoms with Gasteiger partial charge in [-0.3, -0.25) is 4.79 Å². The second-order valence-corrected chi connectivity index (χ2v) is 17.9. The van der Waals surface area contributed by atoms with Gasteiger partial charge in [-0.1, -0.05) is 78.9 Å². The predicted molar refractivity (Wildman–Crippen MR) is 224 cm³/mol. The number of carbonyl (C=O) groups excluding carboxylic acids is 1. The normalized spacial score (nSPS) is 12.5. The standard InChI is InChI=1S/C42H38F3N4O10PS2/c43-42(44,45)38-37-32(24-47)39(35(55-20-18-46)23-36(37)61-41(38)62(53,54)49-27-60(51,52)59-31-14-8-3-9-15-31)56-21-19-48-40(50)30-16-17-33(57-25-28-10-4-1-5-11-28)34(22-30)58-26-29-12-6-2-7-13-29/h1-17,22-23,49H,18-21,25-27,46H2,(H,48,50)(H,51,52). The third kappa shape index (κ3) is 11.6. The lowest BCUT2D eigenvalue weighted by Crippen LogP contribution is -2.28. The fourth-order valence-corrected chi connectivity index (χ4v) is 10.2. The van der Waals surface area contributed by atoms with Crippen molar-refractivity contribution in [2.45, 2.75) is 23.6 Å². The number of ether oxygens (including phenoxy) is 4. The first kappa shape index (κ1) is 45.4. The second kappa shape index (κ2) is 20.2. The monoisotopic (exact) mass is 910 g/mol. The molecule has 0 saturated carbocycles. The first-order chi connectivity index (χ1) is 29.7. The van der Waals surface area contributed by atoms with Gasteiger partial charge in [-0.2, -0.15) is 23.2 Å². The Balaban J connectivity index is 1.22. The van der Waals surface area contributed by atoms with E-state index in [-0.39, 0.29) is 72.6 Å². The summed E-state index contributed by atoms with van der Waals surface area (Å²) in [7, 11) is -9.92. The highest BCUT2D eigenvalue weighted by atomic mass is 32.2. The second-order valence-electron chi connectivity index (χ2n) is 13.1. The number of thiophene rings is 1. The molecular weight excluding hydrogens is 873 g/mol. The molecule has 0 spiro atoms. The molecule has 5 aromatic carbocycles. The van der Waals surface area contributed by atoms with Crippen molar-refractivity contribution in [1.82, 2.24) is 10.0 Å². The van der Waals surface area contributed by atoms with Crippen LogP contribution in [0.5, 0.6) is 28.7 Å². The quantitative estimate of drug-likeness (QED) is 0.0432. The zero-order chi connectivity index (χ0) is 44.3. The lowest BCUT2D eigenvalue weighted by Gasteiger charge is -2.17. The third-order valence-corrected chi connectivity index (χ3v) is 13.0. The summed E-state index contributed by atoms with van der Waals surface area (Å²) in [6, 6.07) is 33.4. The average molecular weight is 911 g/mol. The van der Waals surface area contributed by atoms with Crippen molar-refractivity contribution < 1.29 is 59.3 Å². The summed E-state index contributed by atoms with van der Waals surface area (Å²) in [4.78, 5) is 23.6. The van der Waals surface area contributed by atoms with Gasteiger partial charge in [0.05, 0.1) is 12.1 Å². The van der Waals surface area contributed by atoms with Crippen LogP contribution >= 0.6 is 18.9 Å². The Morgan fingerprint density at radius 3 is 2.03 bits per heavy atom. The van der Waals surface area contributed by atoms with Crippen molar-refractivity contribution in [1.29, 1.82) is 5.26 Å². The first-order valence-electron chi connectivity index (χ1n) is 18.6. The van der Waals surface area contributed by atoms with Crippen LogP contribution in [-0.4, -0.2) is 51.8 Å². The number of amides is 1. The van der Waals surface area contributed by atoms with Gasteiger partial charge in [0.2, 0.25) is 0 Å². The molecule has 0 aliphatic rings. The van der Waals surface area contributed by atoms with E-state index in [0.717, 1.165) is 17.2 Å². The topological polar surface area (TPSA) is 209 Å². The molecule has 62 heavy (non-hydrogen) atoms. The number of benzene rings is 5. The molecule has 20 heteroatoms. The molecule has 324 valence electrons. The number of carbonyl (C=O) groups is 1. The number of fused-ring (bicyclic) bond motifs is 1. The summed E-state index contributed by atoms with van der Waals surface area (Å²) in [5.41, 5.74) is 5.17. The largest absolute Gasteiger partial charge is 0.488 e. The molecule has 6 aromatic rings. The van der Waals surface area contributed by atoms with Gasteiger partial charge in [-0.25, -0.2) is 13.0 Å². The van der Waals surface area contributed by atoms with E-state index < -0.39 is 62.5 Å². The minimum Gasteiger partial charge on any atom is -0.488 e. The van der Waals surface area contributed by atoms with Crippen molar-refractivity contribution in [3.05, 3.63) is 143 Å². The van der Waals surface area contributed by atoms with E-state index in [1.165, 1.54) is 36.4 Å². The molecule has 0 radical (unpaired) electrons. The molecule has 6 rings (SSSR count). The number of nitrogens with two attached hydrogens (primary N) is 1. The van der Waals surface area contributed by atoms with Gasteiger partial charge in [-0.05, 0) is 41.5 Å². The van der Waals surface area contributed by atoms with Gasteiger partial charge < -0.3 is 39.4 Å². The smallest absolute Gasteiger partial charge is 0.419 e. The van der Waals surface area contributed by atoms with E-state index in [4.69, 9.17) is 29.2 Å². The number of sulfonamides is 1. The number of nitrogens with zero attached hydrogens (tertiary/aromatic N) is 1. The van der Waals surface area contributed by atoms with Crippen LogP contribution in [-0.2, 0) is 34.0 Å². The van der Waals surface area contributed by atoms with Gasteiger partial charge in [0.15, 0.2) is 23.0 Å². The molecule has 1 amide bonds. The Kier molecular flexibility index (Phi) is 14.8. The van der Waals surface area contributed by atoms with Crippen molar-refractivity contribution in [3.63, 3.8) is 0 Å². The Bertz CT molecular complexity index is 2700. The number of nitrogens with one attached hydrogen (secondary N) is 2. The predicted octanol–water partition coefficient (Wildman–Crippen LogP) is 7.60. The molecule has 14 nitrogen and oxygen atoms in total. The van der Waals surface area contributed by atoms with Crippen LogP contribution in [0.15, 0.2) is 119 Å². The zero-order valence-electron chi connectivity index (χ0n) is 32.5. The van der Waals surface area contributed by atoms with Crippen LogP contribution in [0.1, 0.15) is 32.6 Å².